The Hall–Kier alpha value is -0.0800. The molecule has 0 atom stereocenters. The average molecular weight is 242 g/mol. The molecule has 0 aliphatic heterocycles. The first kappa shape index (κ1) is 16.9. The molecule has 0 radical (unpaired) electrons. The van der Waals surface area contributed by atoms with Crippen LogP contribution in [0.25, 0.3) is 0 Å². The van der Waals surface area contributed by atoms with Crippen molar-refractivity contribution in [3.05, 3.63) is 0 Å². The molecular formula is C15H34N2. The molecule has 0 amide bonds. The van der Waals surface area contributed by atoms with Crippen molar-refractivity contribution in [1.82, 2.24) is 10.9 Å². The molecule has 0 aromatic rings. The summed E-state index contributed by atoms with van der Waals surface area (Å²) in [6.07, 6.45) is 17.1. The van der Waals surface area contributed by atoms with E-state index in [1.165, 1.54) is 77.0 Å². The summed E-state index contributed by atoms with van der Waals surface area (Å²) < 4.78 is 0. The summed E-state index contributed by atoms with van der Waals surface area (Å²) in [6.45, 7) is 3.39. The zero-order chi connectivity index (χ0) is 12.6. The molecular weight excluding hydrogens is 208 g/mol. The minimum Gasteiger partial charge on any atom is -0.261 e. The molecule has 0 aliphatic rings. The second kappa shape index (κ2) is 15.9. The quantitative estimate of drug-likeness (QED) is 0.348. The minimum absolute atomic E-state index is 1.11. The lowest BCUT2D eigenvalue weighted by atomic mass is 10.1. The fourth-order valence-electron chi connectivity index (χ4n) is 2.18. The van der Waals surface area contributed by atoms with Crippen molar-refractivity contribution in [3.63, 3.8) is 0 Å². The Morgan fingerprint density at radius 1 is 0.588 bits per heavy atom. The van der Waals surface area contributed by atoms with Crippen LogP contribution in [0.3, 0.4) is 0 Å². The van der Waals surface area contributed by atoms with Crippen LogP contribution in [-0.4, -0.2) is 13.6 Å². The first-order valence-electron chi connectivity index (χ1n) is 7.81. The van der Waals surface area contributed by atoms with Gasteiger partial charge in [0.15, 0.2) is 0 Å². The van der Waals surface area contributed by atoms with Crippen LogP contribution < -0.4 is 10.9 Å². The highest BCUT2D eigenvalue weighted by Gasteiger charge is 1.93. The molecule has 104 valence electrons. The van der Waals surface area contributed by atoms with E-state index in [1.54, 1.807) is 0 Å². The van der Waals surface area contributed by atoms with E-state index in [0.29, 0.717) is 0 Å². The zero-order valence-corrected chi connectivity index (χ0v) is 12.2. The van der Waals surface area contributed by atoms with Crippen molar-refractivity contribution in [2.75, 3.05) is 13.6 Å². The molecule has 0 rings (SSSR count). The summed E-state index contributed by atoms with van der Waals surface area (Å²) in [4.78, 5) is 0. The summed E-state index contributed by atoms with van der Waals surface area (Å²) in [5.74, 6) is 0. The van der Waals surface area contributed by atoms with E-state index in [0.717, 1.165) is 6.54 Å². The first-order chi connectivity index (χ1) is 8.41. The largest absolute Gasteiger partial charge is 0.261 e. The van der Waals surface area contributed by atoms with E-state index in [-0.39, 0.29) is 0 Å². The number of hydrogen-bond acceptors (Lipinski definition) is 2. The van der Waals surface area contributed by atoms with Gasteiger partial charge in [-0.1, -0.05) is 77.6 Å². The van der Waals surface area contributed by atoms with E-state index in [9.17, 15) is 0 Å². The standard InChI is InChI=1S/C15H34N2/c1-3-4-5-6-7-8-9-10-11-12-13-14-15-17-16-2/h16-17H,3-15H2,1-2H3. The highest BCUT2D eigenvalue weighted by atomic mass is 15.3. The Kier molecular flexibility index (Phi) is 15.8. The van der Waals surface area contributed by atoms with Gasteiger partial charge in [0.05, 0.1) is 0 Å². The minimum atomic E-state index is 1.11. The van der Waals surface area contributed by atoms with Gasteiger partial charge in [0.1, 0.15) is 0 Å². The summed E-state index contributed by atoms with van der Waals surface area (Å²) in [5.41, 5.74) is 6.09. The van der Waals surface area contributed by atoms with Gasteiger partial charge in [-0.3, -0.25) is 10.9 Å². The summed E-state index contributed by atoms with van der Waals surface area (Å²) >= 11 is 0. The van der Waals surface area contributed by atoms with E-state index in [4.69, 9.17) is 0 Å². The Labute approximate surface area is 109 Å². The normalized spacial score (nSPS) is 10.9. The third-order valence-corrected chi connectivity index (χ3v) is 3.33. The van der Waals surface area contributed by atoms with Crippen molar-refractivity contribution >= 4 is 0 Å². The molecule has 2 heteroatoms. The van der Waals surface area contributed by atoms with Crippen LogP contribution in [0.15, 0.2) is 0 Å². The predicted octanol–water partition coefficient (Wildman–Crippen LogP) is 4.41. The molecule has 0 heterocycles. The molecule has 0 spiro atoms. The van der Waals surface area contributed by atoms with Crippen molar-refractivity contribution in [2.24, 2.45) is 0 Å². The third-order valence-electron chi connectivity index (χ3n) is 3.33. The van der Waals surface area contributed by atoms with Gasteiger partial charge in [0.25, 0.3) is 0 Å². The van der Waals surface area contributed by atoms with Crippen LogP contribution in [-0.2, 0) is 0 Å². The maximum Gasteiger partial charge on any atom is 0.00996 e. The fraction of sp³-hybridized carbons (Fsp3) is 1.00. The monoisotopic (exact) mass is 242 g/mol. The highest BCUT2D eigenvalue weighted by Crippen LogP contribution is 2.11. The summed E-state index contributed by atoms with van der Waals surface area (Å²) in [5, 5.41) is 0. The van der Waals surface area contributed by atoms with Crippen molar-refractivity contribution in [3.8, 4) is 0 Å². The van der Waals surface area contributed by atoms with Gasteiger partial charge in [0.2, 0.25) is 0 Å². The van der Waals surface area contributed by atoms with Gasteiger partial charge in [-0.2, -0.15) is 0 Å². The molecule has 0 aliphatic carbocycles. The number of rotatable bonds is 14. The maximum absolute atomic E-state index is 3.13. The zero-order valence-electron chi connectivity index (χ0n) is 12.2. The SMILES string of the molecule is CCCCCCCCCCCCCCNNC. The fourth-order valence-corrected chi connectivity index (χ4v) is 2.18. The van der Waals surface area contributed by atoms with Gasteiger partial charge in [-0.15, -0.1) is 0 Å². The van der Waals surface area contributed by atoms with Crippen LogP contribution in [0.2, 0.25) is 0 Å². The lowest BCUT2D eigenvalue weighted by Gasteiger charge is -2.03. The predicted molar refractivity (Wildman–Crippen MR) is 78.1 cm³/mol. The van der Waals surface area contributed by atoms with Crippen LogP contribution in [0.4, 0.5) is 0 Å². The average Bonchev–Trinajstić information content (AvgIpc) is 2.35. The maximum atomic E-state index is 3.13. The molecule has 2 nitrogen and oxygen atoms in total. The van der Waals surface area contributed by atoms with Crippen molar-refractivity contribution in [1.29, 1.82) is 0 Å². The van der Waals surface area contributed by atoms with E-state index in [1.807, 2.05) is 7.05 Å². The van der Waals surface area contributed by atoms with E-state index >= 15 is 0 Å². The van der Waals surface area contributed by atoms with Gasteiger partial charge in [-0.05, 0) is 13.5 Å². The third kappa shape index (κ3) is 15.9. The van der Waals surface area contributed by atoms with Crippen LogP contribution >= 0.6 is 0 Å². The Morgan fingerprint density at radius 2 is 1.00 bits per heavy atom. The number of nitrogens with one attached hydrogen (secondary N) is 2. The molecule has 17 heavy (non-hydrogen) atoms. The molecule has 0 unspecified atom stereocenters. The Balaban J connectivity index is 2.85. The first-order valence-corrected chi connectivity index (χ1v) is 7.81. The Bertz CT molecular complexity index is 112. The summed E-state index contributed by atoms with van der Waals surface area (Å²) in [7, 11) is 1.93. The topological polar surface area (TPSA) is 24.1 Å². The molecule has 0 fully saturated rings. The van der Waals surface area contributed by atoms with Crippen LogP contribution in [0, 0.1) is 0 Å². The number of unbranched alkanes of at least 4 members (excludes halogenated alkanes) is 11. The van der Waals surface area contributed by atoms with Gasteiger partial charge < -0.3 is 0 Å². The molecule has 2 N–H and O–H groups in total. The van der Waals surface area contributed by atoms with E-state index in [2.05, 4.69) is 17.8 Å². The number of hydrazine groups is 1. The molecule has 0 aromatic heterocycles. The molecule has 0 bridgehead atoms. The van der Waals surface area contributed by atoms with E-state index < -0.39 is 0 Å². The number of hydrogen-bond donors (Lipinski definition) is 2. The van der Waals surface area contributed by atoms with Crippen molar-refractivity contribution < 1.29 is 0 Å². The van der Waals surface area contributed by atoms with Gasteiger partial charge in [-0.25, -0.2) is 0 Å². The molecule has 0 saturated carbocycles. The Morgan fingerprint density at radius 3 is 1.41 bits per heavy atom. The van der Waals surface area contributed by atoms with Crippen LogP contribution in [0.5, 0.6) is 0 Å². The molecule has 0 aromatic carbocycles. The lowest BCUT2D eigenvalue weighted by molar-refractivity contribution is 0.520. The second-order valence-corrected chi connectivity index (χ2v) is 5.07. The lowest BCUT2D eigenvalue weighted by Crippen LogP contribution is -2.28. The van der Waals surface area contributed by atoms with Gasteiger partial charge in [0, 0.05) is 6.54 Å². The molecule has 0 saturated heterocycles. The van der Waals surface area contributed by atoms with Crippen molar-refractivity contribution in [2.45, 2.75) is 84.0 Å². The van der Waals surface area contributed by atoms with Gasteiger partial charge >= 0.3 is 0 Å². The smallest absolute Gasteiger partial charge is 0.00996 e. The second-order valence-electron chi connectivity index (χ2n) is 5.07. The summed E-state index contributed by atoms with van der Waals surface area (Å²) in [6, 6.07) is 0. The highest BCUT2D eigenvalue weighted by molar-refractivity contribution is 4.49. The van der Waals surface area contributed by atoms with Crippen LogP contribution in [0.1, 0.15) is 84.0 Å².